The Morgan fingerprint density at radius 3 is 2.44 bits per heavy atom. The molecule has 0 unspecified atom stereocenters. The zero-order valence-electron chi connectivity index (χ0n) is 15.0. The van der Waals surface area contributed by atoms with Gasteiger partial charge in [0.15, 0.2) is 0 Å². The molecule has 27 heavy (non-hydrogen) atoms. The molecule has 0 aliphatic carbocycles. The summed E-state index contributed by atoms with van der Waals surface area (Å²) in [6, 6.07) is 8.39. The van der Waals surface area contributed by atoms with Gasteiger partial charge >= 0.3 is 5.97 Å². The molecule has 2 rings (SSSR count). The van der Waals surface area contributed by atoms with Gasteiger partial charge < -0.3 is 15.0 Å². The molecule has 0 aromatic heterocycles. The molecule has 8 nitrogen and oxygen atoms in total. The van der Waals surface area contributed by atoms with Crippen molar-refractivity contribution < 1.29 is 19.2 Å². The number of nitrogens with zero attached hydrogens (tertiary/aromatic N) is 2. The van der Waals surface area contributed by atoms with E-state index in [1.165, 1.54) is 6.07 Å². The third kappa shape index (κ3) is 4.95. The number of nitro groups is 1. The number of esters is 1. The molecule has 2 aromatic rings. The molecule has 2 aromatic carbocycles. The molecule has 0 atom stereocenters. The van der Waals surface area contributed by atoms with Gasteiger partial charge in [-0.15, -0.1) is 0 Å². The van der Waals surface area contributed by atoms with E-state index in [0.717, 1.165) is 12.1 Å². The maximum atomic E-state index is 12.7. The normalized spacial score (nSPS) is 10.2. The first-order valence-electron chi connectivity index (χ1n) is 7.97. The van der Waals surface area contributed by atoms with Gasteiger partial charge in [0.25, 0.3) is 11.6 Å². The third-order valence-corrected chi connectivity index (χ3v) is 3.83. The van der Waals surface area contributed by atoms with Crippen molar-refractivity contribution >= 4 is 40.5 Å². The monoisotopic (exact) mass is 391 g/mol. The summed E-state index contributed by atoms with van der Waals surface area (Å²) >= 11 is 6.00. The first-order chi connectivity index (χ1) is 12.7. The van der Waals surface area contributed by atoms with Crippen LogP contribution in [0.25, 0.3) is 0 Å². The van der Waals surface area contributed by atoms with Crippen LogP contribution in [0, 0.1) is 10.1 Å². The summed E-state index contributed by atoms with van der Waals surface area (Å²) < 4.78 is 4.86. The molecule has 9 heteroatoms. The van der Waals surface area contributed by atoms with Gasteiger partial charge in [0, 0.05) is 36.8 Å². The molecule has 0 radical (unpaired) electrons. The molecule has 0 fully saturated rings. The Kier molecular flexibility index (Phi) is 6.36. The first kappa shape index (κ1) is 20.2. The van der Waals surface area contributed by atoms with E-state index in [4.69, 9.17) is 16.3 Å². The van der Waals surface area contributed by atoms with Crippen LogP contribution < -0.4 is 10.2 Å². The zero-order valence-corrected chi connectivity index (χ0v) is 15.7. The van der Waals surface area contributed by atoms with Crippen molar-refractivity contribution in [2.45, 2.75) is 6.92 Å². The van der Waals surface area contributed by atoms with E-state index in [-0.39, 0.29) is 23.4 Å². The van der Waals surface area contributed by atoms with Crippen LogP contribution in [0.5, 0.6) is 0 Å². The number of ether oxygens (including phenoxy) is 1. The summed E-state index contributed by atoms with van der Waals surface area (Å²) in [6.07, 6.45) is 0. The van der Waals surface area contributed by atoms with Crippen LogP contribution >= 0.6 is 11.6 Å². The number of carbonyl (C=O) groups excluding carboxylic acids is 2. The Morgan fingerprint density at radius 1 is 1.19 bits per heavy atom. The smallest absolute Gasteiger partial charge is 0.338 e. The molecule has 0 saturated carbocycles. The van der Waals surface area contributed by atoms with Gasteiger partial charge in [0.1, 0.15) is 0 Å². The number of anilines is 2. The molecule has 1 N–H and O–H groups in total. The van der Waals surface area contributed by atoms with Crippen molar-refractivity contribution in [3.05, 3.63) is 62.7 Å². The maximum Gasteiger partial charge on any atom is 0.338 e. The maximum absolute atomic E-state index is 12.7. The number of carbonyl (C=O) groups is 2. The Morgan fingerprint density at radius 2 is 1.85 bits per heavy atom. The topological polar surface area (TPSA) is 102 Å². The van der Waals surface area contributed by atoms with Gasteiger partial charge in [-0.05, 0) is 31.2 Å². The fourth-order valence-electron chi connectivity index (χ4n) is 2.37. The second kappa shape index (κ2) is 8.50. The number of benzene rings is 2. The highest BCUT2D eigenvalue weighted by molar-refractivity contribution is 6.31. The number of nitro benzene ring substituents is 1. The quantitative estimate of drug-likeness (QED) is 0.457. The molecule has 0 aliphatic heterocycles. The van der Waals surface area contributed by atoms with Crippen molar-refractivity contribution in [2.24, 2.45) is 0 Å². The van der Waals surface area contributed by atoms with Gasteiger partial charge in [-0.1, -0.05) is 11.6 Å². The summed E-state index contributed by atoms with van der Waals surface area (Å²) in [4.78, 5) is 36.9. The van der Waals surface area contributed by atoms with Crippen LogP contribution in [0.3, 0.4) is 0 Å². The van der Waals surface area contributed by atoms with E-state index in [1.54, 1.807) is 44.1 Å². The van der Waals surface area contributed by atoms with Crippen molar-refractivity contribution in [1.82, 2.24) is 0 Å². The largest absolute Gasteiger partial charge is 0.462 e. The number of hydrogen-bond acceptors (Lipinski definition) is 6. The highest BCUT2D eigenvalue weighted by Gasteiger charge is 2.19. The number of nitrogens with one attached hydrogen (secondary N) is 1. The van der Waals surface area contributed by atoms with Gasteiger partial charge in [-0.3, -0.25) is 14.9 Å². The van der Waals surface area contributed by atoms with Crippen molar-refractivity contribution in [3.8, 4) is 0 Å². The van der Waals surface area contributed by atoms with Crippen molar-refractivity contribution in [1.29, 1.82) is 0 Å². The minimum Gasteiger partial charge on any atom is -0.462 e. The van der Waals surface area contributed by atoms with Crippen LogP contribution in [0.2, 0.25) is 5.02 Å². The molecule has 0 heterocycles. The van der Waals surface area contributed by atoms with Crippen LogP contribution in [0.15, 0.2) is 36.4 Å². The fourth-order valence-corrected chi connectivity index (χ4v) is 2.54. The lowest BCUT2D eigenvalue weighted by Gasteiger charge is -2.18. The highest BCUT2D eigenvalue weighted by Crippen LogP contribution is 2.29. The Labute approximate surface area is 160 Å². The lowest BCUT2D eigenvalue weighted by molar-refractivity contribution is -0.384. The van der Waals surface area contributed by atoms with Gasteiger partial charge in [-0.25, -0.2) is 4.79 Å². The number of rotatable bonds is 6. The van der Waals surface area contributed by atoms with E-state index in [2.05, 4.69) is 5.32 Å². The minimum atomic E-state index is -0.744. The molecular weight excluding hydrogens is 374 g/mol. The Hall–Kier alpha value is -3.13. The molecule has 1 amide bonds. The van der Waals surface area contributed by atoms with E-state index in [1.807, 2.05) is 0 Å². The van der Waals surface area contributed by atoms with Crippen LogP contribution in [-0.4, -0.2) is 37.5 Å². The lowest BCUT2D eigenvalue weighted by atomic mass is 10.1. The van der Waals surface area contributed by atoms with E-state index in [0.29, 0.717) is 16.4 Å². The Bertz CT molecular complexity index is 899. The van der Waals surface area contributed by atoms with E-state index in [9.17, 15) is 19.7 Å². The Balaban J connectivity index is 2.43. The van der Waals surface area contributed by atoms with Gasteiger partial charge in [0.2, 0.25) is 0 Å². The first-order valence-corrected chi connectivity index (χ1v) is 8.35. The van der Waals surface area contributed by atoms with Crippen molar-refractivity contribution in [3.63, 3.8) is 0 Å². The fraction of sp³-hybridized carbons (Fsp3) is 0.222. The molecule has 0 spiro atoms. The van der Waals surface area contributed by atoms with Crippen LogP contribution in [0.1, 0.15) is 27.6 Å². The molecule has 0 bridgehead atoms. The number of halogens is 1. The van der Waals surface area contributed by atoms with Crippen molar-refractivity contribution in [2.75, 3.05) is 30.9 Å². The predicted octanol–water partition coefficient (Wildman–Crippen LogP) is 3.74. The zero-order chi connectivity index (χ0) is 20.1. The van der Waals surface area contributed by atoms with E-state index >= 15 is 0 Å². The standard InChI is InChI=1S/C18H18ClN3O5/c1-4-27-18(24)12-7-11(8-14(9-12)22(25)26)17(23)20-15-10-13(19)5-6-16(15)21(2)3/h5-10H,4H2,1-3H3,(H,20,23). The average molecular weight is 392 g/mol. The lowest BCUT2D eigenvalue weighted by Crippen LogP contribution is -2.17. The number of hydrogen-bond donors (Lipinski definition) is 1. The van der Waals surface area contributed by atoms with E-state index < -0.39 is 16.8 Å². The van der Waals surface area contributed by atoms with Gasteiger partial charge in [0.05, 0.1) is 28.5 Å². The molecule has 142 valence electrons. The molecule has 0 saturated heterocycles. The second-order valence-corrected chi connectivity index (χ2v) is 6.19. The summed E-state index contributed by atoms with van der Waals surface area (Å²) in [5.41, 5.74) is 0.627. The minimum absolute atomic E-state index is 0.0445. The van der Waals surface area contributed by atoms with Crippen LogP contribution in [-0.2, 0) is 4.74 Å². The number of amides is 1. The summed E-state index contributed by atoms with van der Waals surface area (Å²) in [5.74, 6) is -1.36. The SMILES string of the molecule is CCOC(=O)c1cc(C(=O)Nc2cc(Cl)ccc2N(C)C)cc([N+](=O)[O-])c1. The average Bonchev–Trinajstić information content (AvgIpc) is 2.61. The second-order valence-electron chi connectivity index (χ2n) is 5.76. The highest BCUT2D eigenvalue weighted by atomic mass is 35.5. The molecule has 0 aliphatic rings. The van der Waals surface area contributed by atoms with Gasteiger partial charge in [-0.2, -0.15) is 0 Å². The summed E-state index contributed by atoms with van der Waals surface area (Å²) in [6.45, 7) is 1.72. The molecular formula is C18H18ClN3O5. The summed E-state index contributed by atoms with van der Waals surface area (Å²) in [7, 11) is 3.59. The van der Waals surface area contributed by atoms with Crippen LogP contribution in [0.4, 0.5) is 17.1 Å². The number of non-ortho nitro benzene ring substituents is 1. The summed E-state index contributed by atoms with van der Waals surface area (Å²) in [5, 5.41) is 14.2. The third-order valence-electron chi connectivity index (χ3n) is 3.59. The predicted molar refractivity (Wildman–Crippen MR) is 103 cm³/mol.